The van der Waals surface area contributed by atoms with Crippen LogP contribution in [0.3, 0.4) is 0 Å². The molecule has 0 fully saturated rings. The zero-order chi connectivity index (χ0) is 23.7. The van der Waals surface area contributed by atoms with Crippen LogP contribution in [0.15, 0.2) is 47.6 Å². The maximum absolute atomic E-state index is 12.3. The zero-order valence-electron chi connectivity index (χ0n) is 18.2. The number of anilines is 1. The Balaban J connectivity index is 2.07. The second kappa shape index (κ2) is 11.1. The fourth-order valence-electron chi connectivity index (χ4n) is 2.62. The number of hydrogen-bond acceptors (Lipinski definition) is 8. The normalized spacial score (nSPS) is 11.1. The average Bonchev–Trinajstić information content (AvgIpc) is 2.77. The molecule has 2 rings (SSSR count). The third-order valence-electron chi connectivity index (χ3n) is 4.27. The van der Waals surface area contributed by atoms with Crippen LogP contribution in [0.1, 0.15) is 18.1 Å². The van der Waals surface area contributed by atoms with E-state index < -0.39 is 28.6 Å². The number of amides is 1. The quantitative estimate of drug-likeness (QED) is 0.262. The van der Waals surface area contributed by atoms with Gasteiger partial charge in [0, 0.05) is 0 Å². The van der Waals surface area contributed by atoms with Crippen LogP contribution in [0, 0.1) is 0 Å². The van der Waals surface area contributed by atoms with Crippen molar-refractivity contribution < 1.29 is 32.2 Å². The number of aryl methyl sites for hydroxylation is 1. The predicted octanol–water partition coefficient (Wildman–Crippen LogP) is 2.32. The minimum absolute atomic E-state index is 0.151. The van der Waals surface area contributed by atoms with Crippen LogP contribution < -0.4 is 19.2 Å². The molecule has 32 heavy (non-hydrogen) atoms. The lowest BCUT2D eigenvalue weighted by atomic mass is 10.1. The molecule has 2 aromatic carbocycles. The number of carbonyl (C=O) groups excluding carboxylic acids is 2. The molecule has 0 spiro atoms. The first-order chi connectivity index (χ1) is 15.2. The predicted molar refractivity (Wildman–Crippen MR) is 120 cm³/mol. The largest absolute Gasteiger partial charge is 0.513 e. The molecular formula is C21H25N3O7S. The average molecular weight is 464 g/mol. The van der Waals surface area contributed by atoms with Gasteiger partial charge in [-0.25, -0.2) is 18.6 Å². The van der Waals surface area contributed by atoms with E-state index in [4.69, 9.17) is 9.47 Å². The van der Waals surface area contributed by atoms with Gasteiger partial charge in [-0.15, -0.1) is 0 Å². The van der Waals surface area contributed by atoms with E-state index in [1.165, 1.54) is 32.6 Å². The highest BCUT2D eigenvalue weighted by atomic mass is 32.2. The summed E-state index contributed by atoms with van der Waals surface area (Å²) in [6, 6.07) is 11.5. The van der Waals surface area contributed by atoms with Gasteiger partial charge in [0.1, 0.15) is 6.54 Å². The molecule has 1 amide bonds. The Kier molecular flexibility index (Phi) is 8.59. The van der Waals surface area contributed by atoms with Gasteiger partial charge in [-0.2, -0.15) is 5.10 Å². The summed E-state index contributed by atoms with van der Waals surface area (Å²) in [6.07, 6.45) is 2.29. The van der Waals surface area contributed by atoms with Crippen LogP contribution in [-0.2, 0) is 26.0 Å². The van der Waals surface area contributed by atoms with Gasteiger partial charge in [-0.1, -0.05) is 19.1 Å². The maximum atomic E-state index is 12.3. The Hall–Kier alpha value is -3.60. The highest BCUT2D eigenvalue weighted by molar-refractivity contribution is 7.92. The lowest BCUT2D eigenvalue weighted by molar-refractivity contribution is -0.119. The van der Waals surface area contributed by atoms with E-state index in [0.717, 1.165) is 22.5 Å². The van der Waals surface area contributed by atoms with Crippen LogP contribution in [0.4, 0.5) is 10.5 Å². The van der Waals surface area contributed by atoms with Crippen LogP contribution in [0.5, 0.6) is 11.5 Å². The number of ether oxygens (including phenoxy) is 3. The van der Waals surface area contributed by atoms with E-state index in [9.17, 15) is 18.0 Å². The molecule has 0 atom stereocenters. The first-order valence-corrected chi connectivity index (χ1v) is 11.3. The monoisotopic (exact) mass is 463 g/mol. The van der Waals surface area contributed by atoms with Gasteiger partial charge in [0.2, 0.25) is 10.0 Å². The van der Waals surface area contributed by atoms with Gasteiger partial charge in [-0.3, -0.25) is 9.10 Å². The Morgan fingerprint density at radius 3 is 2.34 bits per heavy atom. The minimum Gasteiger partial charge on any atom is -0.493 e. The first kappa shape index (κ1) is 24.7. The molecule has 11 heteroatoms. The number of nitrogens with one attached hydrogen (secondary N) is 1. The van der Waals surface area contributed by atoms with Crippen molar-refractivity contribution in [3.8, 4) is 11.5 Å². The van der Waals surface area contributed by atoms with Gasteiger partial charge >= 0.3 is 6.16 Å². The van der Waals surface area contributed by atoms with Crippen molar-refractivity contribution in [2.75, 3.05) is 31.3 Å². The van der Waals surface area contributed by atoms with Crippen LogP contribution >= 0.6 is 0 Å². The van der Waals surface area contributed by atoms with E-state index in [0.29, 0.717) is 11.3 Å². The number of hydrogen-bond donors (Lipinski definition) is 1. The molecule has 0 aliphatic rings. The smallest absolute Gasteiger partial charge is 0.493 e. The second-order valence-electron chi connectivity index (χ2n) is 6.55. The van der Waals surface area contributed by atoms with Gasteiger partial charge < -0.3 is 14.2 Å². The van der Waals surface area contributed by atoms with Crippen molar-refractivity contribution in [1.82, 2.24) is 5.43 Å². The Bertz CT molecular complexity index is 1080. The van der Waals surface area contributed by atoms with Crippen molar-refractivity contribution in [1.29, 1.82) is 0 Å². The molecule has 0 aliphatic carbocycles. The first-order valence-electron chi connectivity index (χ1n) is 9.50. The van der Waals surface area contributed by atoms with E-state index in [-0.39, 0.29) is 11.5 Å². The molecule has 10 nitrogen and oxygen atoms in total. The standard InChI is InChI=1S/C21H25N3O7S/c1-5-15-6-9-17(10-7-15)24(32(4,27)28)14-20(25)23-22-13-16-8-11-18(19(12-16)29-2)31-21(26)30-3/h6-13H,5,14H2,1-4H3,(H,23,25)/b22-13-. The van der Waals surface area contributed by atoms with Gasteiger partial charge in [0.25, 0.3) is 5.91 Å². The topological polar surface area (TPSA) is 124 Å². The molecule has 1 N–H and O–H groups in total. The molecule has 0 bridgehead atoms. The molecule has 0 aliphatic heterocycles. The lowest BCUT2D eigenvalue weighted by Gasteiger charge is -2.21. The third kappa shape index (κ3) is 6.98. The summed E-state index contributed by atoms with van der Waals surface area (Å²) in [5.74, 6) is -0.216. The van der Waals surface area contributed by atoms with Crippen molar-refractivity contribution in [2.45, 2.75) is 13.3 Å². The fourth-order valence-corrected chi connectivity index (χ4v) is 3.48. The summed E-state index contributed by atoms with van der Waals surface area (Å²) in [6.45, 7) is 1.56. The SMILES string of the molecule is CCc1ccc(N(CC(=O)N/N=C\c2ccc(OC(=O)OC)c(OC)c2)S(C)(=O)=O)cc1. The van der Waals surface area contributed by atoms with Crippen molar-refractivity contribution >= 4 is 34.0 Å². The summed E-state index contributed by atoms with van der Waals surface area (Å²) in [5, 5.41) is 3.85. The maximum Gasteiger partial charge on any atom is 0.513 e. The Morgan fingerprint density at radius 1 is 1.09 bits per heavy atom. The molecule has 172 valence electrons. The molecule has 0 heterocycles. The lowest BCUT2D eigenvalue weighted by Crippen LogP contribution is -2.39. The number of hydrazone groups is 1. The van der Waals surface area contributed by atoms with Crippen molar-refractivity contribution in [3.05, 3.63) is 53.6 Å². The summed E-state index contributed by atoms with van der Waals surface area (Å²) >= 11 is 0. The molecule has 0 radical (unpaired) electrons. The zero-order valence-corrected chi connectivity index (χ0v) is 19.0. The Morgan fingerprint density at radius 2 is 1.78 bits per heavy atom. The Labute approximate surface area is 186 Å². The van der Waals surface area contributed by atoms with E-state index in [1.807, 2.05) is 19.1 Å². The number of carbonyl (C=O) groups is 2. The summed E-state index contributed by atoms with van der Waals surface area (Å²) in [4.78, 5) is 23.5. The molecule has 2 aromatic rings. The summed E-state index contributed by atoms with van der Waals surface area (Å²) in [5.41, 5.74) is 4.27. The number of methoxy groups -OCH3 is 2. The number of nitrogens with zero attached hydrogens (tertiary/aromatic N) is 2. The molecule has 0 saturated carbocycles. The molecule has 0 unspecified atom stereocenters. The highest BCUT2D eigenvalue weighted by Gasteiger charge is 2.20. The third-order valence-corrected chi connectivity index (χ3v) is 5.41. The van der Waals surface area contributed by atoms with E-state index in [2.05, 4.69) is 15.3 Å². The van der Waals surface area contributed by atoms with Crippen LogP contribution in [0.2, 0.25) is 0 Å². The van der Waals surface area contributed by atoms with Gasteiger partial charge in [-0.05, 0) is 47.9 Å². The van der Waals surface area contributed by atoms with E-state index >= 15 is 0 Å². The van der Waals surface area contributed by atoms with Crippen LogP contribution in [-0.4, -0.2) is 53.7 Å². The number of sulfonamides is 1. The summed E-state index contributed by atoms with van der Waals surface area (Å²) in [7, 11) is -1.10. The summed E-state index contributed by atoms with van der Waals surface area (Å²) < 4.78 is 39.9. The van der Waals surface area contributed by atoms with Crippen LogP contribution in [0.25, 0.3) is 0 Å². The minimum atomic E-state index is -3.68. The van der Waals surface area contributed by atoms with Gasteiger partial charge in [0.05, 0.1) is 32.4 Å². The molecular weight excluding hydrogens is 438 g/mol. The molecule has 0 aromatic heterocycles. The van der Waals surface area contributed by atoms with Crippen molar-refractivity contribution in [3.63, 3.8) is 0 Å². The van der Waals surface area contributed by atoms with E-state index in [1.54, 1.807) is 18.2 Å². The number of benzene rings is 2. The van der Waals surface area contributed by atoms with Crippen molar-refractivity contribution in [2.24, 2.45) is 5.10 Å². The van der Waals surface area contributed by atoms with Gasteiger partial charge in [0.15, 0.2) is 11.5 Å². The second-order valence-corrected chi connectivity index (χ2v) is 8.46. The fraction of sp³-hybridized carbons (Fsp3) is 0.286. The highest BCUT2D eigenvalue weighted by Crippen LogP contribution is 2.27. The number of rotatable bonds is 9. The molecule has 0 saturated heterocycles.